The Morgan fingerprint density at radius 3 is 3.20 bits per heavy atom. The van der Waals surface area contributed by atoms with Gasteiger partial charge in [-0.2, -0.15) is 5.26 Å². The third-order valence-electron chi connectivity index (χ3n) is 2.61. The Bertz CT molecular complexity index is 392. The van der Waals surface area contributed by atoms with E-state index in [4.69, 9.17) is 5.26 Å². The zero-order chi connectivity index (χ0) is 10.8. The van der Waals surface area contributed by atoms with Crippen molar-refractivity contribution in [3.05, 3.63) is 22.8 Å². The fourth-order valence-electron chi connectivity index (χ4n) is 1.71. The minimum atomic E-state index is 0.00380. The van der Waals surface area contributed by atoms with Gasteiger partial charge in [-0.25, -0.2) is 0 Å². The van der Waals surface area contributed by atoms with Gasteiger partial charge in [0.05, 0.1) is 17.4 Å². The van der Waals surface area contributed by atoms with Crippen molar-refractivity contribution in [3.63, 3.8) is 0 Å². The number of carbonyl (C=O) groups is 1. The van der Waals surface area contributed by atoms with Crippen molar-refractivity contribution in [1.29, 1.82) is 5.26 Å². The first-order valence-electron chi connectivity index (χ1n) is 5.01. The van der Waals surface area contributed by atoms with Gasteiger partial charge in [0.25, 0.3) is 0 Å². The van der Waals surface area contributed by atoms with E-state index < -0.39 is 0 Å². The van der Waals surface area contributed by atoms with Gasteiger partial charge in [-0.1, -0.05) is 6.92 Å². The smallest absolute Gasteiger partial charge is 0.160 e. The summed E-state index contributed by atoms with van der Waals surface area (Å²) in [6.07, 6.45) is 4.74. The number of allylic oxidation sites excluding steroid dienone is 3. The molecule has 4 heteroatoms. The van der Waals surface area contributed by atoms with Gasteiger partial charge in [0.15, 0.2) is 5.78 Å². The van der Waals surface area contributed by atoms with Crippen LogP contribution in [-0.4, -0.2) is 11.2 Å². The topological polar surface area (TPSA) is 52.9 Å². The van der Waals surface area contributed by atoms with Crippen LogP contribution in [0.2, 0.25) is 0 Å². The summed E-state index contributed by atoms with van der Waals surface area (Å²) in [6, 6.07) is 2.30. The SMILES string of the molecule is CCC(C#N)C1NC2=C(CC(=O)C=C2)S1. The minimum absolute atomic E-state index is 0.00380. The molecule has 0 saturated carbocycles. The summed E-state index contributed by atoms with van der Waals surface area (Å²) in [4.78, 5) is 12.3. The maximum atomic E-state index is 11.2. The summed E-state index contributed by atoms with van der Waals surface area (Å²) in [5.74, 6) is 0.151. The summed E-state index contributed by atoms with van der Waals surface area (Å²) >= 11 is 1.63. The van der Waals surface area contributed by atoms with Crippen LogP contribution in [0.25, 0.3) is 0 Å². The Labute approximate surface area is 93.2 Å². The number of hydrogen-bond donors (Lipinski definition) is 1. The van der Waals surface area contributed by atoms with Gasteiger partial charge in [0.2, 0.25) is 0 Å². The van der Waals surface area contributed by atoms with E-state index in [-0.39, 0.29) is 17.1 Å². The van der Waals surface area contributed by atoms with Crippen molar-refractivity contribution in [3.8, 4) is 6.07 Å². The van der Waals surface area contributed by atoms with E-state index in [0.717, 1.165) is 17.0 Å². The maximum absolute atomic E-state index is 11.2. The number of carbonyl (C=O) groups excluding carboxylic acids is 1. The fourth-order valence-corrected chi connectivity index (χ4v) is 3.10. The lowest BCUT2D eigenvalue weighted by Gasteiger charge is -2.15. The van der Waals surface area contributed by atoms with Gasteiger partial charge in [-0.15, -0.1) is 11.8 Å². The molecule has 2 atom stereocenters. The first-order chi connectivity index (χ1) is 7.24. The Kier molecular flexibility index (Phi) is 2.83. The molecule has 0 aromatic rings. The van der Waals surface area contributed by atoms with Crippen LogP contribution in [0.15, 0.2) is 22.8 Å². The van der Waals surface area contributed by atoms with Gasteiger partial charge in [-0.3, -0.25) is 4.79 Å². The van der Waals surface area contributed by atoms with Crippen molar-refractivity contribution in [2.45, 2.75) is 25.1 Å². The molecule has 1 heterocycles. The van der Waals surface area contributed by atoms with Gasteiger partial charge < -0.3 is 5.32 Å². The van der Waals surface area contributed by atoms with Crippen LogP contribution in [0.3, 0.4) is 0 Å². The second kappa shape index (κ2) is 4.11. The summed E-state index contributed by atoms with van der Waals surface area (Å²) in [6.45, 7) is 2.01. The highest BCUT2D eigenvalue weighted by atomic mass is 32.2. The molecule has 2 rings (SSSR count). The summed E-state index contributed by atoms with van der Waals surface area (Å²) in [5.41, 5.74) is 1.03. The number of nitrogens with zero attached hydrogens (tertiary/aromatic N) is 1. The molecule has 2 unspecified atom stereocenters. The Morgan fingerprint density at radius 1 is 1.73 bits per heavy atom. The quantitative estimate of drug-likeness (QED) is 0.772. The highest BCUT2D eigenvalue weighted by molar-refractivity contribution is 8.04. The molecule has 1 N–H and O–H groups in total. The molecule has 78 valence electrons. The standard InChI is InChI=1S/C11H12N2OS/c1-2-7(6-12)11-13-9-4-3-8(14)5-10(9)15-11/h3-4,7,11,13H,2,5H2,1H3. The number of ketones is 1. The Balaban J connectivity index is 2.08. The number of thioether (sulfide) groups is 1. The van der Waals surface area contributed by atoms with Crippen molar-refractivity contribution >= 4 is 17.5 Å². The Morgan fingerprint density at radius 2 is 2.53 bits per heavy atom. The lowest BCUT2D eigenvalue weighted by atomic mass is 10.1. The number of rotatable bonds is 2. The predicted molar refractivity (Wildman–Crippen MR) is 59.7 cm³/mol. The first kappa shape index (κ1) is 10.3. The van der Waals surface area contributed by atoms with Crippen LogP contribution in [0.4, 0.5) is 0 Å². The number of hydrogen-bond acceptors (Lipinski definition) is 4. The fraction of sp³-hybridized carbons (Fsp3) is 0.455. The zero-order valence-corrected chi connectivity index (χ0v) is 9.30. The molecule has 0 saturated heterocycles. The maximum Gasteiger partial charge on any atom is 0.160 e. The molecule has 0 aromatic heterocycles. The van der Waals surface area contributed by atoms with Crippen LogP contribution < -0.4 is 5.32 Å². The molecule has 0 amide bonds. The molecule has 0 radical (unpaired) electrons. The van der Waals surface area contributed by atoms with E-state index in [0.29, 0.717) is 6.42 Å². The molecule has 1 aliphatic carbocycles. The molecule has 1 aliphatic heterocycles. The van der Waals surface area contributed by atoms with Crippen molar-refractivity contribution in [2.24, 2.45) is 5.92 Å². The van der Waals surface area contributed by atoms with Gasteiger partial charge >= 0.3 is 0 Å². The summed E-state index contributed by atoms with van der Waals surface area (Å²) in [7, 11) is 0. The van der Waals surface area contributed by atoms with E-state index in [1.807, 2.05) is 13.0 Å². The highest BCUT2D eigenvalue weighted by Gasteiger charge is 2.31. The molecule has 0 bridgehead atoms. The third-order valence-corrected chi connectivity index (χ3v) is 3.96. The highest BCUT2D eigenvalue weighted by Crippen LogP contribution is 2.39. The zero-order valence-electron chi connectivity index (χ0n) is 8.49. The second-order valence-corrected chi connectivity index (χ2v) is 4.88. The van der Waals surface area contributed by atoms with Gasteiger partial charge in [0, 0.05) is 17.0 Å². The summed E-state index contributed by atoms with van der Waals surface area (Å²) in [5, 5.41) is 12.4. The third kappa shape index (κ3) is 1.93. The van der Waals surface area contributed by atoms with Crippen LogP contribution in [-0.2, 0) is 4.79 Å². The minimum Gasteiger partial charge on any atom is -0.371 e. The molecule has 2 aliphatic rings. The van der Waals surface area contributed by atoms with Crippen LogP contribution in [0.5, 0.6) is 0 Å². The Hall–Kier alpha value is -1.21. The average molecular weight is 220 g/mol. The van der Waals surface area contributed by atoms with Gasteiger partial charge in [-0.05, 0) is 18.6 Å². The van der Waals surface area contributed by atoms with Crippen LogP contribution >= 0.6 is 11.8 Å². The van der Waals surface area contributed by atoms with E-state index >= 15 is 0 Å². The molecule has 0 aromatic carbocycles. The molecule has 15 heavy (non-hydrogen) atoms. The monoisotopic (exact) mass is 220 g/mol. The summed E-state index contributed by atoms with van der Waals surface area (Å²) < 4.78 is 0. The van der Waals surface area contributed by atoms with Gasteiger partial charge in [0.1, 0.15) is 0 Å². The molecule has 0 spiro atoms. The molecule has 3 nitrogen and oxygen atoms in total. The normalized spacial score (nSPS) is 25.9. The largest absolute Gasteiger partial charge is 0.371 e. The number of nitriles is 1. The molecular weight excluding hydrogens is 208 g/mol. The molecule has 0 fully saturated rings. The lowest BCUT2D eigenvalue weighted by Crippen LogP contribution is -2.27. The molecular formula is C11H12N2OS. The van der Waals surface area contributed by atoms with E-state index in [9.17, 15) is 4.79 Å². The number of nitrogens with one attached hydrogen (secondary N) is 1. The van der Waals surface area contributed by atoms with Crippen molar-refractivity contribution in [2.75, 3.05) is 0 Å². The van der Waals surface area contributed by atoms with E-state index in [1.54, 1.807) is 17.8 Å². The average Bonchev–Trinajstić information content (AvgIpc) is 2.62. The van der Waals surface area contributed by atoms with Crippen LogP contribution in [0.1, 0.15) is 19.8 Å². The predicted octanol–water partition coefficient (Wildman–Crippen LogP) is 1.94. The van der Waals surface area contributed by atoms with Crippen molar-refractivity contribution < 1.29 is 4.79 Å². The van der Waals surface area contributed by atoms with Crippen LogP contribution in [0, 0.1) is 17.2 Å². The lowest BCUT2D eigenvalue weighted by molar-refractivity contribution is -0.114. The second-order valence-electron chi connectivity index (χ2n) is 3.64. The first-order valence-corrected chi connectivity index (χ1v) is 5.89. The van der Waals surface area contributed by atoms with Crippen molar-refractivity contribution in [1.82, 2.24) is 5.32 Å². The van der Waals surface area contributed by atoms with E-state index in [1.165, 1.54) is 0 Å². The van der Waals surface area contributed by atoms with E-state index in [2.05, 4.69) is 11.4 Å².